The van der Waals surface area contributed by atoms with Crippen LogP contribution in [-0.2, 0) is 11.2 Å². The lowest BCUT2D eigenvalue weighted by atomic mass is 10.0. The number of hydrogen-bond donors (Lipinski definition) is 1. The van der Waals surface area contributed by atoms with Gasteiger partial charge in [-0.2, -0.15) is 0 Å². The van der Waals surface area contributed by atoms with Crippen LogP contribution >= 0.6 is 15.9 Å². The van der Waals surface area contributed by atoms with Gasteiger partial charge < -0.3 is 10.1 Å². The highest BCUT2D eigenvalue weighted by Gasteiger charge is 2.19. The first kappa shape index (κ1) is 23.9. The number of nitro groups is 1. The average molecular weight is 477 g/mol. The highest BCUT2D eigenvalue weighted by molar-refractivity contribution is 9.10. The summed E-state index contributed by atoms with van der Waals surface area (Å²) in [6.45, 7) is 7.97. The molecule has 0 aliphatic rings. The summed E-state index contributed by atoms with van der Waals surface area (Å²) in [5.74, 6) is -0.308. The zero-order chi connectivity index (χ0) is 22.3. The monoisotopic (exact) mass is 476 g/mol. The van der Waals surface area contributed by atoms with Crippen LogP contribution < -0.4 is 5.32 Å². The first-order chi connectivity index (χ1) is 14.1. The molecule has 0 heterocycles. The number of rotatable bonds is 9. The van der Waals surface area contributed by atoms with Gasteiger partial charge in [0, 0.05) is 16.6 Å². The summed E-state index contributed by atoms with van der Waals surface area (Å²) in [4.78, 5) is 23.0. The van der Waals surface area contributed by atoms with Crippen molar-refractivity contribution in [3.63, 3.8) is 0 Å². The summed E-state index contributed by atoms with van der Waals surface area (Å²) in [7, 11) is 0. The van der Waals surface area contributed by atoms with Gasteiger partial charge in [-0.15, -0.1) is 0 Å². The average Bonchev–Trinajstić information content (AvgIpc) is 2.66. The third-order valence-corrected chi connectivity index (χ3v) is 5.45. The van der Waals surface area contributed by atoms with Crippen molar-refractivity contribution < 1.29 is 14.5 Å². The van der Waals surface area contributed by atoms with Gasteiger partial charge in [-0.05, 0) is 76.8 Å². The summed E-state index contributed by atoms with van der Waals surface area (Å²) in [6.07, 6.45) is 3.85. The number of esters is 1. The Kier molecular flexibility index (Phi) is 8.41. The molecule has 2 rings (SSSR count). The Balaban J connectivity index is 1.76. The molecular weight excluding hydrogens is 448 g/mol. The third-order valence-electron chi connectivity index (χ3n) is 4.59. The van der Waals surface area contributed by atoms with Crippen molar-refractivity contribution in [2.24, 2.45) is 0 Å². The molecule has 0 aromatic heterocycles. The number of nitrogens with zero attached hydrogens (tertiary/aromatic N) is 1. The molecule has 0 atom stereocenters. The molecule has 0 radical (unpaired) electrons. The molecule has 0 unspecified atom stereocenters. The standard InChI is InChI=1S/C23H29BrN2O4/c1-16-19(24)13-14-20(21(16)26(28)29)25-15-7-5-6-8-17-9-11-18(12-10-17)22(27)30-23(2,3)4/h9-14,25H,5-8,15H2,1-4H3. The minimum absolute atomic E-state index is 0.120. The molecule has 7 heteroatoms. The van der Waals surface area contributed by atoms with Crippen molar-refractivity contribution in [3.05, 3.63) is 67.7 Å². The molecule has 0 bridgehead atoms. The Morgan fingerprint density at radius 3 is 2.37 bits per heavy atom. The van der Waals surface area contributed by atoms with E-state index >= 15 is 0 Å². The van der Waals surface area contributed by atoms with Gasteiger partial charge in [-0.3, -0.25) is 10.1 Å². The zero-order valence-corrected chi connectivity index (χ0v) is 19.5. The second kappa shape index (κ2) is 10.6. The Hall–Kier alpha value is -2.41. The number of aryl methyl sites for hydroxylation is 1. The van der Waals surface area contributed by atoms with Crippen molar-refractivity contribution in [1.29, 1.82) is 0 Å². The predicted molar refractivity (Wildman–Crippen MR) is 123 cm³/mol. The van der Waals surface area contributed by atoms with E-state index in [1.807, 2.05) is 39.0 Å². The quantitative estimate of drug-likeness (QED) is 0.194. The number of halogens is 1. The molecule has 0 aliphatic carbocycles. The Morgan fingerprint density at radius 1 is 1.10 bits per heavy atom. The van der Waals surface area contributed by atoms with Crippen molar-refractivity contribution in [3.8, 4) is 0 Å². The number of unbranched alkanes of at least 4 members (excludes halogenated alkanes) is 2. The van der Waals surface area contributed by atoms with E-state index in [1.54, 1.807) is 25.1 Å². The number of nitrogens with one attached hydrogen (secondary N) is 1. The van der Waals surface area contributed by atoms with Crippen molar-refractivity contribution >= 4 is 33.3 Å². The van der Waals surface area contributed by atoms with Gasteiger partial charge in [0.1, 0.15) is 11.3 Å². The van der Waals surface area contributed by atoms with Crippen LogP contribution in [0.4, 0.5) is 11.4 Å². The fraction of sp³-hybridized carbons (Fsp3) is 0.435. The second-order valence-corrected chi connectivity index (χ2v) is 9.12. The SMILES string of the molecule is Cc1c(Br)ccc(NCCCCCc2ccc(C(=O)OC(C)(C)C)cc2)c1[N+](=O)[O-]. The molecule has 0 saturated carbocycles. The van der Waals surface area contributed by atoms with Crippen molar-refractivity contribution in [2.75, 3.05) is 11.9 Å². The topological polar surface area (TPSA) is 81.5 Å². The van der Waals surface area contributed by atoms with Crippen LogP contribution in [0.1, 0.15) is 61.5 Å². The lowest BCUT2D eigenvalue weighted by Gasteiger charge is -2.19. The molecule has 162 valence electrons. The van der Waals surface area contributed by atoms with E-state index in [0.717, 1.165) is 30.2 Å². The number of carbonyl (C=O) groups is 1. The van der Waals surface area contributed by atoms with Crippen LogP contribution in [0.2, 0.25) is 0 Å². The maximum Gasteiger partial charge on any atom is 0.338 e. The molecule has 0 fully saturated rings. The molecule has 0 spiro atoms. The molecule has 0 aliphatic heterocycles. The van der Waals surface area contributed by atoms with Gasteiger partial charge in [0.05, 0.1) is 10.5 Å². The van der Waals surface area contributed by atoms with E-state index in [4.69, 9.17) is 4.74 Å². The third kappa shape index (κ3) is 7.13. The Bertz CT molecular complexity index is 889. The molecule has 2 aromatic rings. The van der Waals surface area contributed by atoms with E-state index in [0.29, 0.717) is 23.4 Å². The van der Waals surface area contributed by atoms with Gasteiger partial charge in [0.15, 0.2) is 0 Å². The molecule has 0 amide bonds. The smallest absolute Gasteiger partial charge is 0.338 e. The van der Waals surface area contributed by atoms with Crippen LogP contribution in [0, 0.1) is 17.0 Å². The van der Waals surface area contributed by atoms with Crippen molar-refractivity contribution in [1.82, 2.24) is 0 Å². The normalized spacial score (nSPS) is 11.2. The van der Waals surface area contributed by atoms with Crippen LogP contribution in [0.15, 0.2) is 40.9 Å². The molecule has 2 aromatic carbocycles. The fourth-order valence-corrected chi connectivity index (χ4v) is 3.37. The lowest BCUT2D eigenvalue weighted by molar-refractivity contribution is -0.384. The van der Waals surface area contributed by atoms with Crippen LogP contribution in [0.3, 0.4) is 0 Å². The van der Waals surface area contributed by atoms with E-state index in [2.05, 4.69) is 21.2 Å². The largest absolute Gasteiger partial charge is 0.456 e. The summed E-state index contributed by atoms with van der Waals surface area (Å²) in [5.41, 5.74) is 2.53. The molecule has 1 N–H and O–H groups in total. The van der Waals surface area contributed by atoms with Gasteiger partial charge in [-0.25, -0.2) is 4.79 Å². The maximum absolute atomic E-state index is 12.1. The minimum atomic E-state index is -0.501. The Morgan fingerprint density at radius 2 is 1.77 bits per heavy atom. The van der Waals surface area contributed by atoms with Gasteiger partial charge in [0.25, 0.3) is 5.69 Å². The van der Waals surface area contributed by atoms with E-state index in [-0.39, 0.29) is 16.6 Å². The van der Waals surface area contributed by atoms with Crippen molar-refractivity contribution in [2.45, 2.75) is 59.0 Å². The predicted octanol–water partition coefficient (Wildman–Crippen LogP) is 6.45. The minimum Gasteiger partial charge on any atom is -0.456 e. The molecule has 6 nitrogen and oxygen atoms in total. The van der Waals surface area contributed by atoms with Gasteiger partial charge in [0.2, 0.25) is 0 Å². The summed E-state index contributed by atoms with van der Waals surface area (Å²) in [5, 5.41) is 14.5. The molecular formula is C23H29BrN2O4. The molecule has 30 heavy (non-hydrogen) atoms. The fourth-order valence-electron chi connectivity index (χ4n) is 3.05. The van der Waals surface area contributed by atoms with Crippen LogP contribution in [0.5, 0.6) is 0 Å². The zero-order valence-electron chi connectivity index (χ0n) is 18.0. The number of hydrogen-bond acceptors (Lipinski definition) is 5. The highest BCUT2D eigenvalue weighted by atomic mass is 79.9. The first-order valence-corrected chi connectivity index (χ1v) is 10.9. The summed E-state index contributed by atoms with van der Waals surface area (Å²) in [6, 6.07) is 11.1. The summed E-state index contributed by atoms with van der Waals surface area (Å²) >= 11 is 3.34. The number of anilines is 1. The number of nitro benzene ring substituents is 1. The van der Waals surface area contributed by atoms with Crippen LogP contribution in [0.25, 0.3) is 0 Å². The summed E-state index contributed by atoms with van der Waals surface area (Å²) < 4.78 is 6.11. The second-order valence-electron chi connectivity index (χ2n) is 8.26. The number of ether oxygens (including phenoxy) is 1. The lowest BCUT2D eigenvalue weighted by Crippen LogP contribution is -2.23. The molecule has 0 saturated heterocycles. The highest BCUT2D eigenvalue weighted by Crippen LogP contribution is 2.33. The van der Waals surface area contributed by atoms with E-state index in [1.165, 1.54) is 5.56 Å². The number of carbonyl (C=O) groups excluding carboxylic acids is 1. The van der Waals surface area contributed by atoms with E-state index < -0.39 is 5.60 Å². The maximum atomic E-state index is 12.1. The van der Waals surface area contributed by atoms with E-state index in [9.17, 15) is 14.9 Å². The number of benzene rings is 2. The van der Waals surface area contributed by atoms with Gasteiger partial charge >= 0.3 is 5.97 Å². The Labute approximate surface area is 186 Å². The van der Waals surface area contributed by atoms with Crippen LogP contribution in [-0.4, -0.2) is 23.0 Å². The first-order valence-electron chi connectivity index (χ1n) is 10.1. The van der Waals surface area contributed by atoms with Gasteiger partial charge in [-0.1, -0.05) is 34.5 Å².